The molecule has 0 aliphatic heterocycles. The number of aliphatic imine (C=N–C) groups is 1. The Morgan fingerprint density at radius 2 is 2.08 bits per heavy atom. The number of methoxy groups -OCH3 is 1. The van der Waals surface area contributed by atoms with Crippen molar-refractivity contribution in [2.24, 2.45) is 4.99 Å². The van der Waals surface area contributed by atoms with E-state index in [-0.39, 0.29) is 0 Å². The minimum absolute atomic E-state index is 0.506. The van der Waals surface area contributed by atoms with Crippen molar-refractivity contribution >= 4 is 17.3 Å². The molecule has 0 spiro atoms. The van der Waals surface area contributed by atoms with Crippen LogP contribution in [0.15, 0.2) is 10.4 Å². The van der Waals surface area contributed by atoms with Gasteiger partial charge in [0.25, 0.3) is 0 Å². The Kier molecular flexibility index (Phi) is 10.6. The summed E-state index contributed by atoms with van der Waals surface area (Å²) in [4.78, 5) is 11.2. The maximum atomic E-state index is 5.07. The third-order valence-corrected chi connectivity index (χ3v) is 4.83. The summed E-state index contributed by atoms with van der Waals surface area (Å²) in [6.07, 6.45) is 1.98. The molecular formula is C17H33N5OS. The Morgan fingerprint density at radius 1 is 1.33 bits per heavy atom. The highest BCUT2D eigenvalue weighted by molar-refractivity contribution is 7.09. The number of hydrogen-bond acceptors (Lipinski definition) is 5. The topological polar surface area (TPSA) is 61.8 Å². The van der Waals surface area contributed by atoms with Crippen LogP contribution in [0.2, 0.25) is 0 Å². The lowest BCUT2D eigenvalue weighted by Crippen LogP contribution is -2.41. The summed E-state index contributed by atoms with van der Waals surface area (Å²) in [6.45, 7) is 8.91. The van der Waals surface area contributed by atoms with E-state index in [1.54, 1.807) is 25.5 Å². The molecule has 0 radical (unpaired) electrons. The standard InChI is InChI=1S/C17H33N5OS/c1-14(2)16-21-15(13-24-16)7-8-19-17(18-3)20-9-11-22(4)10-6-12-23-5/h13-14H,6-12H2,1-5H3,(H2,18,19,20). The molecule has 2 N–H and O–H groups in total. The van der Waals surface area contributed by atoms with Crippen LogP contribution in [0.3, 0.4) is 0 Å². The van der Waals surface area contributed by atoms with Gasteiger partial charge in [0.2, 0.25) is 0 Å². The van der Waals surface area contributed by atoms with Gasteiger partial charge in [-0.1, -0.05) is 13.8 Å². The van der Waals surface area contributed by atoms with Gasteiger partial charge in [-0.15, -0.1) is 11.3 Å². The van der Waals surface area contributed by atoms with Crippen molar-refractivity contribution in [3.8, 4) is 0 Å². The summed E-state index contributed by atoms with van der Waals surface area (Å²) in [7, 11) is 5.67. The molecule has 1 heterocycles. The fraction of sp³-hybridized carbons (Fsp3) is 0.765. The number of guanidine groups is 1. The zero-order chi connectivity index (χ0) is 17.8. The number of nitrogens with one attached hydrogen (secondary N) is 2. The van der Waals surface area contributed by atoms with Crippen LogP contribution in [0.1, 0.15) is 36.9 Å². The van der Waals surface area contributed by atoms with Gasteiger partial charge in [0.1, 0.15) is 0 Å². The molecule has 0 fully saturated rings. The van der Waals surface area contributed by atoms with Crippen LogP contribution in [0.5, 0.6) is 0 Å². The van der Waals surface area contributed by atoms with E-state index in [0.717, 1.165) is 57.3 Å². The Hall–Kier alpha value is -1.18. The molecule has 0 amide bonds. The van der Waals surface area contributed by atoms with Crippen LogP contribution in [-0.4, -0.2) is 69.8 Å². The Labute approximate surface area is 150 Å². The zero-order valence-corrected chi connectivity index (χ0v) is 16.6. The van der Waals surface area contributed by atoms with E-state index < -0.39 is 0 Å². The maximum Gasteiger partial charge on any atom is 0.191 e. The van der Waals surface area contributed by atoms with Crippen molar-refractivity contribution in [2.75, 3.05) is 54.0 Å². The minimum atomic E-state index is 0.506. The lowest BCUT2D eigenvalue weighted by molar-refractivity contribution is 0.180. The van der Waals surface area contributed by atoms with Crippen molar-refractivity contribution in [1.82, 2.24) is 20.5 Å². The first kappa shape index (κ1) is 20.9. The molecule has 1 rings (SSSR count). The van der Waals surface area contributed by atoms with E-state index in [2.05, 4.69) is 51.8 Å². The van der Waals surface area contributed by atoms with Crippen LogP contribution in [0, 0.1) is 0 Å². The first-order valence-corrected chi connectivity index (χ1v) is 9.51. The Morgan fingerprint density at radius 3 is 2.71 bits per heavy atom. The molecule has 0 atom stereocenters. The fourth-order valence-corrected chi connectivity index (χ4v) is 3.06. The molecule has 0 aromatic carbocycles. The minimum Gasteiger partial charge on any atom is -0.385 e. The van der Waals surface area contributed by atoms with E-state index in [1.165, 1.54) is 5.01 Å². The van der Waals surface area contributed by atoms with Crippen LogP contribution in [0.25, 0.3) is 0 Å². The monoisotopic (exact) mass is 355 g/mol. The second-order valence-electron chi connectivity index (χ2n) is 6.16. The summed E-state index contributed by atoms with van der Waals surface area (Å²) in [6, 6.07) is 0. The summed E-state index contributed by atoms with van der Waals surface area (Å²) < 4.78 is 5.07. The molecule has 1 aromatic rings. The number of thiazole rings is 1. The van der Waals surface area contributed by atoms with Gasteiger partial charge in [-0.05, 0) is 13.5 Å². The summed E-state index contributed by atoms with van der Waals surface area (Å²) in [5, 5.41) is 10.1. The molecule has 0 saturated carbocycles. The lowest BCUT2D eigenvalue weighted by atomic mass is 10.2. The van der Waals surface area contributed by atoms with Gasteiger partial charge in [0.15, 0.2) is 5.96 Å². The molecule has 0 aliphatic carbocycles. The highest BCUT2D eigenvalue weighted by Crippen LogP contribution is 2.19. The molecule has 7 heteroatoms. The van der Waals surface area contributed by atoms with Crippen molar-refractivity contribution < 1.29 is 4.74 Å². The average Bonchev–Trinajstić information content (AvgIpc) is 3.03. The number of likely N-dealkylation sites (N-methyl/N-ethyl adjacent to an activating group) is 1. The Bertz CT molecular complexity index is 475. The van der Waals surface area contributed by atoms with Crippen LogP contribution < -0.4 is 10.6 Å². The summed E-state index contributed by atoms with van der Waals surface area (Å²) >= 11 is 1.75. The summed E-state index contributed by atoms with van der Waals surface area (Å²) in [5.74, 6) is 1.35. The third-order valence-electron chi connectivity index (χ3n) is 3.63. The third kappa shape index (κ3) is 8.61. The second kappa shape index (κ2) is 12.2. The zero-order valence-electron chi connectivity index (χ0n) is 15.8. The van der Waals surface area contributed by atoms with E-state index in [0.29, 0.717) is 5.92 Å². The number of nitrogens with zero attached hydrogens (tertiary/aromatic N) is 3. The molecule has 24 heavy (non-hydrogen) atoms. The molecule has 0 saturated heterocycles. The number of rotatable bonds is 11. The molecular weight excluding hydrogens is 322 g/mol. The van der Waals surface area contributed by atoms with E-state index in [1.807, 2.05) is 0 Å². The van der Waals surface area contributed by atoms with Crippen LogP contribution in [-0.2, 0) is 11.2 Å². The van der Waals surface area contributed by atoms with Crippen molar-refractivity contribution in [3.63, 3.8) is 0 Å². The van der Waals surface area contributed by atoms with Gasteiger partial charge >= 0.3 is 0 Å². The molecule has 0 aliphatic rings. The van der Waals surface area contributed by atoms with Crippen LogP contribution >= 0.6 is 11.3 Å². The number of hydrogen-bond donors (Lipinski definition) is 2. The molecule has 1 aromatic heterocycles. The molecule has 0 unspecified atom stereocenters. The van der Waals surface area contributed by atoms with Gasteiger partial charge in [0, 0.05) is 64.7 Å². The molecule has 6 nitrogen and oxygen atoms in total. The van der Waals surface area contributed by atoms with Gasteiger partial charge in [-0.3, -0.25) is 4.99 Å². The van der Waals surface area contributed by atoms with E-state index in [9.17, 15) is 0 Å². The number of aromatic nitrogens is 1. The van der Waals surface area contributed by atoms with Crippen molar-refractivity contribution in [3.05, 3.63) is 16.1 Å². The van der Waals surface area contributed by atoms with Gasteiger partial charge in [0.05, 0.1) is 10.7 Å². The van der Waals surface area contributed by atoms with Gasteiger partial charge < -0.3 is 20.3 Å². The SMILES string of the molecule is CN=C(NCCc1csc(C(C)C)n1)NCCN(C)CCCOC. The lowest BCUT2D eigenvalue weighted by Gasteiger charge is -2.18. The maximum absolute atomic E-state index is 5.07. The molecule has 0 bridgehead atoms. The van der Waals surface area contributed by atoms with Crippen molar-refractivity contribution in [2.45, 2.75) is 32.6 Å². The quantitative estimate of drug-likeness (QED) is 0.361. The second-order valence-corrected chi connectivity index (χ2v) is 7.05. The first-order chi connectivity index (χ1) is 11.6. The summed E-state index contributed by atoms with van der Waals surface area (Å²) in [5.41, 5.74) is 1.16. The smallest absolute Gasteiger partial charge is 0.191 e. The first-order valence-electron chi connectivity index (χ1n) is 8.63. The largest absolute Gasteiger partial charge is 0.385 e. The normalized spacial score (nSPS) is 12.2. The van der Waals surface area contributed by atoms with E-state index >= 15 is 0 Å². The highest BCUT2D eigenvalue weighted by atomic mass is 32.1. The van der Waals surface area contributed by atoms with Crippen molar-refractivity contribution in [1.29, 1.82) is 0 Å². The predicted octanol–water partition coefficient (Wildman–Crippen LogP) is 1.94. The van der Waals surface area contributed by atoms with E-state index in [4.69, 9.17) is 4.74 Å². The predicted molar refractivity (Wildman–Crippen MR) is 103 cm³/mol. The van der Waals surface area contributed by atoms with Crippen LogP contribution in [0.4, 0.5) is 0 Å². The number of ether oxygens (including phenoxy) is 1. The average molecular weight is 356 g/mol. The fourth-order valence-electron chi connectivity index (χ4n) is 2.19. The van der Waals surface area contributed by atoms with Gasteiger partial charge in [-0.25, -0.2) is 4.98 Å². The molecule has 138 valence electrons. The highest BCUT2D eigenvalue weighted by Gasteiger charge is 2.06. The Balaban J connectivity index is 2.18. The van der Waals surface area contributed by atoms with Gasteiger partial charge in [-0.2, -0.15) is 0 Å².